The molecule has 0 amide bonds. The topological polar surface area (TPSA) is 63.9 Å². The van der Waals surface area contributed by atoms with Crippen LogP contribution in [0.1, 0.15) is 5.69 Å². The molecular weight excluding hydrogens is 278 g/mol. The van der Waals surface area contributed by atoms with Crippen LogP contribution >= 0.6 is 11.6 Å². The minimum absolute atomic E-state index is 0.0585. The molecule has 1 saturated heterocycles. The Morgan fingerprint density at radius 2 is 2.00 bits per heavy atom. The number of aromatic nitrogens is 4. The first-order chi connectivity index (χ1) is 9.61. The molecule has 3 heterocycles. The maximum absolute atomic E-state index is 11.7. The van der Waals surface area contributed by atoms with Gasteiger partial charge in [0, 0.05) is 25.1 Å². The summed E-state index contributed by atoms with van der Waals surface area (Å²) >= 11 is 5.76. The molecule has 104 valence electrons. The molecule has 0 spiro atoms. The Morgan fingerprint density at radius 3 is 2.70 bits per heavy atom. The predicted molar refractivity (Wildman–Crippen MR) is 76.0 cm³/mol. The van der Waals surface area contributed by atoms with E-state index in [1.54, 1.807) is 24.5 Å². The second-order valence-corrected chi connectivity index (χ2v) is 5.40. The molecule has 2 aromatic heterocycles. The smallest absolute Gasteiger partial charge is 0.266 e. The van der Waals surface area contributed by atoms with Gasteiger partial charge in [0.2, 0.25) is 5.95 Å². The van der Waals surface area contributed by atoms with Gasteiger partial charge >= 0.3 is 0 Å². The van der Waals surface area contributed by atoms with Crippen LogP contribution < -0.4 is 10.5 Å². The molecule has 3 rings (SSSR count). The quantitative estimate of drug-likeness (QED) is 0.848. The summed E-state index contributed by atoms with van der Waals surface area (Å²) in [6, 6.07) is 3.29. The standard InChI is InChI=1S/C13H14ClN5O/c1-9-2-3-12(20)19(17-9)8-10-6-18(7-10)13-15-4-11(14)5-16-13/h2-5,10H,6-8H2,1H3. The van der Waals surface area contributed by atoms with E-state index in [-0.39, 0.29) is 5.56 Å². The zero-order valence-electron chi connectivity index (χ0n) is 11.0. The molecule has 0 saturated carbocycles. The Hall–Kier alpha value is -1.95. The molecule has 0 radical (unpaired) electrons. The highest BCUT2D eigenvalue weighted by Gasteiger charge is 2.29. The van der Waals surface area contributed by atoms with E-state index in [9.17, 15) is 4.79 Å². The van der Waals surface area contributed by atoms with Gasteiger partial charge in [0.25, 0.3) is 5.56 Å². The van der Waals surface area contributed by atoms with Crippen molar-refractivity contribution in [3.63, 3.8) is 0 Å². The summed E-state index contributed by atoms with van der Waals surface area (Å²) in [4.78, 5) is 22.1. The SMILES string of the molecule is Cc1ccc(=O)n(CC2CN(c3ncc(Cl)cn3)C2)n1. The third-order valence-corrected chi connectivity index (χ3v) is 3.47. The second-order valence-electron chi connectivity index (χ2n) is 4.97. The van der Waals surface area contributed by atoms with Crippen molar-refractivity contribution in [1.82, 2.24) is 19.7 Å². The van der Waals surface area contributed by atoms with Crippen molar-refractivity contribution >= 4 is 17.5 Å². The van der Waals surface area contributed by atoms with E-state index in [0.29, 0.717) is 23.4 Å². The van der Waals surface area contributed by atoms with E-state index in [4.69, 9.17) is 11.6 Å². The van der Waals surface area contributed by atoms with E-state index in [2.05, 4.69) is 20.0 Å². The predicted octanol–water partition coefficient (Wildman–Crippen LogP) is 1.13. The molecule has 2 aromatic rings. The van der Waals surface area contributed by atoms with Crippen LogP contribution in [0.3, 0.4) is 0 Å². The van der Waals surface area contributed by atoms with Gasteiger partial charge in [-0.1, -0.05) is 11.6 Å². The van der Waals surface area contributed by atoms with Crippen LogP contribution in [0.4, 0.5) is 5.95 Å². The molecular formula is C13H14ClN5O. The van der Waals surface area contributed by atoms with Gasteiger partial charge in [0.15, 0.2) is 0 Å². The van der Waals surface area contributed by atoms with Crippen molar-refractivity contribution in [3.8, 4) is 0 Å². The number of nitrogens with zero attached hydrogens (tertiary/aromatic N) is 5. The van der Waals surface area contributed by atoms with Crippen LogP contribution in [-0.4, -0.2) is 32.8 Å². The Bertz CT molecular complexity index is 663. The van der Waals surface area contributed by atoms with Crippen LogP contribution in [0, 0.1) is 12.8 Å². The molecule has 1 aliphatic heterocycles. The van der Waals surface area contributed by atoms with E-state index in [1.165, 1.54) is 4.68 Å². The highest BCUT2D eigenvalue weighted by molar-refractivity contribution is 6.30. The molecule has 6 nitrogen and oxygen atoms in total. The Kier molecular flexibility index (Phi) is 3.40. The van der Waals surface area contributed by atoms with Crippen molar-refractivity contribution in [1.29, 1.82) is 0 Å². The lowest BCUT2D eigenvalue weighted by Gasteiger charge is -2.39. The zero-order valence-corrected chi connectivity index (χ0v) is 11.8. The molecule has 20 heavy (non-hydrogen) atoms. The lowest BCUT2D eigenvalue weighted by molar-refractivity contribution is 0.330. The van der Waals surface area contributed by atoms with Gasteiger partial charge in [-0.25, -0.2) is 14.6 Å². The fourth-order valence-corrected chi connectivity index (χ4v) is 2.34. The molecule has 0 aliphatic carbocycles. The van der Waals surface area contributed by atoms with Crippen LogP contribution in [-0.2, 0) is 6.54 Å². The zero-order chi connectivity index (χ0) is 14.1. The van der Waals surface area contributed by atoms with Gasteiger partial charge in [-0.3, -0.25) is 4.79 Å². The monoisotopic (exact) mass is 291 g/mol. The highest BCUT2D eigenvalue weighted by atomic mass is 35.5. The number of halogens is 1. The van der Waals surface area contributed by atoms with Crippen molar-refractivity contribution in [2.45, 2.75) is 13.5 Å². The molecule has 1 aliphatic rings. The van der Waals surface area contributed by atoms with E-state index >= 15 is 0 Å². The van der Waals surface area contributed by atoms with Gasteiger partial charge in [-0.15, -0.1) is 0 Å². The van der Waals surface area contributed by atoms with Gasteiger partial charge in [0.05, 0.1) is 29.7 Å². The van der Waals surface area contributed by atoms with Gasteiger partial charge in [0.1, 0.15) is 0 Å². The first-order valence-electron chi connectivity index (χ1n) is 6.39. The minimum atomic E-state index is -0.0585. The number of hydrogen-bond donors (Lipinski definition) is 0. The molecule has 0 unspecified atom stereocenters. The molecule has 7 heteroatoms. The third kappa shape index (κ3) is 2.65. The number of aryl methyl sites for hydroxylation is 1. The highest BCUT2D eigenvalue weighted by Crippen LogP contribution is 2.22. The summed E-state index contributed by atoms with van der Waals surface area (Å²) in [6.45, 7) is 4.16. The minimum Gasteiger partial charge on any atom is -0.340 e. The van der Waals surface area contributed by atoms with Gasteiger partial charge in [-0.2, -0.15) is 5.10 Å². The van der Waals surface area contributed by atoms with Crippen molar-refractivity contribution in [3.05, 3.63) is 45.6 Å². The molecule has 0 N–H and O–H groups in total. The fourth-order valence-electron chi connectivity index (χ4n) is 2.24. The largest absolute Gasteiger partial charge is 0.340 e. The number of anilines is 1. The Morgan fingerprint density at radius 1 is 1.30 bits per heavy atom. The normalized spacial score (nSPS) is 15.2. The molecule has 0 bridgehead atoms. The molecule has 0 aromatic carbocycles. The Labute approximate surface area is 121 Å². The summed E-state index contributed by atoms with van der Waals surface area (Å²) in [5.74, 6) is 1.07. The van der Waals surface area contributed by atoms with E-state index < -0.39 is 0 Å². The summed E-state index contributed by atoms with van der Waals surface area (Å²) in [7, 11) is 0. The summed E-state index contributed by atoms with van der Waals surface area (Å²) < 4.78 is 1.53. The third-order valence-electron chi connectivity index (χ3n) is 3.28. The summed E-state index contributed by atoms with van der Waals surface area (Å²) in [6.07, 6.45) is 3.17. The average Bonchev–Trinajstić information content (AvgIpc) is 2.39. The van der Waals surface area contributed by atoms with Crippen LogP contribution in [0.15, 0.2) is 29.3 Å². The van der Waals surface area contributed by atoms with Crippen LogP contribution in [0.5, 0.6) is 0 Å². The van der Waals surface area contributed by atoms with Crippen molar-refractivity contribution < 1.29 is 0 Å². The average molecular weight is 292 g/mol. The van der Waals surface area contributed by atoms with E-state index in [1.807, 2.05) is 6.92 Å². The van der Waals surface area contributed by atoms with Crippen LogP contribution in [0.25, 0.3) is 0 Å². The lowest BCUT2D eigenvalue weighted by Crippen LogP contribution is -2.50. The number of rotatable bonds is 3. The number of hydrogen-bond acceptors (Lipinski definition) is 5. The van der Waals surface area contributed by atoms with Crippen LogP contribution in [0.2, 0.25) is 5.02 Å². The fraction of sp³-hybridized carbons (Fsp3) is 0.385. The molecule has 0 atom stereocenters. The first-order valence-corrected chi connectivity index (χ1v) is 6.77. The van der Waals surface area contributed by atoms with Crippen molar-refractivity contribution in [2.75, 3.05) is 18.0 Å². The maximum atomic E-state index is 11.7. The first kappa shape index (κ1) is 13.1. The van der Waals surface area contributed by atoms with E-state index in [0.717, 1.165) is 18.8 Å². The van der Waals surface area contributed by atoms with Gasteiger partial charge in [-0.05, 0) is 13.0 Å². The molecule has 1 fully saturated rings. The maximum Gasteiger partial charge on any atom is 0.266 e. The summed E-state index contributed by atoms with van der Waals surface area (Å²) in [5.41, 5.74) is 0.790. The lowest BCUT2D eigenvalue weighted by atomic mass is 10.0. The second kappa shape index (κ2) is 5.20. The van der Waals surface area contributed by atoms with Gasteiger partial charge < -0.3 is 4.90 Å². The van der Waals surface area contributed by atoms with Crippen molar-refractivity contribution in [2.24, 2.45) is 5.92 Å². The Balaban J connectivity index is 1.62. The summed E-state index contributed by atoms with van der Waals surface area (Å²) in [5, 5.41) is 4.77.